The van der Waals surface area contributed by atoms with E-state index >= 15 is 0 Å². The normalized spacial score (nSPS) is 10.8. The molecule has 0 atom stereocenters. The summed E-state index contributed by atoms with van der Waals surface area (Å²) < 4.78 is 45.1. The predicted molar refractivity (Wildman–Crippen MR) is 92.5 cm³/mol. The average Bonchev–Trinajstić information content (AvgIpc) is 2.65. The first-order valence-corrected chi connectivity index (χ1v) is 7.56. The molecule has 138 valence electrons. The number of rotatable bonds is 8. The fraction of sp³-hybridized carbons (Fsp3) is 0.211. The zero-order valence-corrected chi connectivity index (χ0v) is 14.5. The maximum absolute atomic E-state index is 12.7. The van der Waals surface area contributed by atoms with Gasteiger partial charge < -0.3 is 18.9 Å². The molecule has 0 spiro atoms. The summed E-state index contributed by atoms with van der Waals surface area (Å²) in [5.41, 5.74) is 0.592. The standard InChI is InChI=1S/C19H18F2O5/c1-23-13-8-9-14(17(11-13)25-3)15(22)10-7-12-5-4-6-16(24-2)18(12)26-19(20)21/h4-11,19H,1-3H3/b10-7+. The van der Waals surface area contributed by atoms with Crippen molar-refractivity contribution in [3.8, 4) is 23.0 Å². The summed E-state index contributed by atoms with van der Waals surface area (Å²) in [7, 11) is 4.28. The van der Waals surface area contributed by atoms with E-state index in [1.807, 2.05) is 0 Å². The number of halogens is 2. The van der Waals surface area contributed by atoms with Crippen LogP contribution in [0.2, 0.25) is 0 Å². The highest BCUT2D eigenvalue weighted by Crippen LogP contribution is 2.33. The van der Waals surface area contributed by atoms with E-state index in [4.69, 9.17) is 14.2 Å². The topological polar surface area (TPSA) is 54.0 Å². The molecule has 0 heterocycles. The van der Waals surface area contributed by atoms with Gasteiger partial charge in [0.15, 0.2) is 17.3 Å². The van der Waals surface area contributed by atoms with Crippen LogP contribution in [-0.2, 0) is 0 Å². The highest BCUT2D eigenvalue weighted by atomic mass is 19.3. The molecular formula is C19H18F2O5. The van der Waals surface area contributed by atoms with Crippen molar-refractivity contribution in [3.05, 3.63) is 53.6 Å². The van der Waals surface area contributed by atoms with Gasteiger partial charge in [0.05, 0.1) is 26.9 Å². The van der Waals surface area contributed by atoms with Crippen LogP contribution in [0.3, 0.4) is 0 Å². The van der Waals surface area contributed by atoms with E-state index in [1.54, 1.807) is 24.3 Å². The summed E-state index contributed by atoms with van der Waals surface area (Å²) in [6, 6.07) is 9.40. The number of benzene rings is 2. The summed E-state index contributed by atoms with van der Waals surface area (Å²) in [5.74, 6) is 0.518. The Morgan fingerprint density at radius 1 is 1.00 bits per heavy atom. The number of ketones is 1. The first-order chi connectivity index (χ1) is 12.5. The van der Waals surface area contributed by atoms with Crippen LogP contribution in [0.25, 0.3) is 6.08 Å². The molecule has 0 aliphatic rings. The van der Waals surface area contributed by atoms with Gasteiger partial charge in [-0.1, -0.05) is 12.1 Å². The number of ether oxygens (including phenoxy) is 4. The van der Waals surface area contributed by atoms with E-state index in [-0.39, 0.29) is 22.8 Å². The van der Waals surface area contributed by atoms with Crippen LogP contribution in [0.4, 0.5) is 8.78 Å². The Kier molecular flexibility index (Phi) is 6.54. The lowest BCUT2D eigenvalue weighted by Gasteiger charge is -2.12. The van der Waals surface area contributed by atoms with Crippen LogP contribution in [0, 0.1) is 0 Å². The maximum Gasteiger partial charge on any atom is 0.387 e. The summed E-state index contributed by atoms with van der Waals surface area (Å²) in [6.45, 7) is -3.02. The molecule has 0 aliphatic heterocycles. The van der Waals surface area contributed by atoms with Gasteiger partial charge in [-0.25, -0.2) is 0 Å². The molecule has 0 bridgehead atoms. The van der Waals surface area contributed by atoms with Gasteiger partial charge in [-0.3, -0.25) is 4.79 Å². The van der Waals surface area contributed by atoms with Gasteiger partial charge in [-0.05, 0) is 30.4 Å². The molecule has 0 amide bonds. The molecule has 0 aromatic heterocycles. The molecule has 0 radical (unpaired) electrons. The van der Waals surface area contributed by atoms with Gasteiger partial charge in [0, 0.05) is 11.6 Å². The molecule has 0 unspecified atom stereocenters. The Bertz CT molecular complexity index is 803. The number of methoxy groups -OCH3 is 3. The lowest BCUT2D eigenvalue weighted by molar-refractivity contribution is -0.0513. The first-order valence-electron chi connectivity index (χ1n) is 7.56. The minimum atomic E-state index is -3.02. The Morgan fingerprint density at radius 3 is 2.35 bits per heavy atom. The third-order valence-electron chi connectivity index (χ3n) is 3.52. The Hall–Kier alpha value is -3.09. The molecule has 2 aromatic rings. The fourth-order valence-corrected chi connectivity index (χ4v) is 2.30. The van der Waals surface area contributed by atoms with Crippen LogP contribution in [0.15, 0.2) is 42.5 Å². The molecule has 0 fully saturated rings. The second kappa shape index (κ2) is 8.84. The van der Waals surface area contributed by atoms with Gasteiger partial charge in [-0.2, -0.15) is 8.78 Å². The number of carbonyl (C=O) groups is 1. The van der Waals surface area contributed by atoms with Gasteiger partial charge in [-0.15, -0.1) is 0 Å². The smallest absolute Gasteiger partial charge is 0.387 e. The molecule has 2 aromatic carbocycles. The van der Waals surface area contributed by atoms with Gasteiger partial charge in [0.1, 0.15) is 11.5 Å². The van der Waals surface area contributed by atoms with Crippen LogP contribution in [-0.4, -0.2) is 33.7 Å². The van der Waals surface area contributed by atoms with Crippen molar-refractivity contribution in [2.24, 2.45) is 0 Å². The number of allylic oxidation sites excluding steroid dienone is 1. The summed E-state index contributed by atoms with van der Waals surface area (Å²) >= 11 is 0. The largest absolute Gasteiger partial charge is 0.497 e. The molecule has 0 saturated heterocycles. The first kappa shape index (κ1) is 19.2. The number of hydrogen-bond acceptors (Lipinski definition) is 5. The van der Waals surface area contributed by atoms with Gasteiger partial charge in [0.2, 0.25) is 0 Å². The molecular weight excluding hydrogens is 346 g/mol. The molecule has 0 N–H and O–H groups in total. The summed E-state index contributed by atoms with van der Waals surface area (Å²) in [6.07, 6.45) is 2.63. The second-order valence-corrected chi connectivity index (χ2v) is 5.02. The van der Waals surface area contributed by atoms with Crippen molar-refractivity contribution >= 4 is 11.9 Å². The number of carbonyl (C=O) groups excluding carboxylic acids is 1. The van der Waals surface area contributed by atoms with E-state index in [0.717, 1.165) is 0 Å². The molecule has 0 aliphatic carbocycles. The monoisotopic (exact) mass is 364 g/mol. The van der Waals surface area contributed by atoms with Gasteiger partial charge in [0.25, 0.3) is 0 Å². The predicted octanol–water partition coefficient (Wildman–Crippen LogP) is 4.21. The van der Waals surface area contributed by atoms with Crippen molar-refractivity contribution in [2.75, 3.05) is 21.3 Å². The van der Waals surface area contributed by atoms with E-state index < -0.39 is 6.61 Å². The summed E-state index contributed by atoms with van der Waals surface area (Å²) in [4.78, 5) is 12.5. The van der Waals surface area contributed by atoms with Gasteiger partial charge >= 0.3 is 6.61 Å². The van der Waals surface area contributed by atoms with Crippen molar-refractivity contribution in [2.45, 2.75) is 6.61 Å². The summed E-state index contributed by atoms with van der Waals surface area (Å²) in [5, 5.41) is 0. The van der Waals surface area contributed by atoms with Crippen LogP contribution in [0.5, 0.6) is 23.0 Å². The van der Waals surface area contributed by atoms with E-state index in [2.05, 4.69) is 4.74 Å². The number of hydrogen-bond donors (Lipinski definition) is 0. The zero-order valence-electron chi connectivity index (χ0n) is 14.5. The molecule has 26 heavy (non-hydrogen) atoms. The van der Waals surface area contributed by atoms with Crippen LogP contribution in [0.1, 0.15) is 15.9 Å². The minimum Gasteiger partial charge on any atom is -0.497 e. The molecule has 2 rings (SSSR count). The molecule has 5 nitrogen and oxygen atoms in total. The minimum absolute atomic E-state index is 0.141. The maximum atomic E-state index is 12.7. The lowest BCUT2D eigenvalue weighted by atomic mass is 10.1. The average molecular weight is 364 g/mol. The second-order valence-electron chi connectivity index (χ2n) is 5.02. The van der Waals surface area contributed by atoms with Crippen molar-refractivity contribution in [3.63, 3.8) is 0 Å². The molecule has 7 heteroatoms. The van der Waals surface area contributed by atoms with Crippen molar-refractivity contribution < 1.29 is 32.5 Å². The Morgan fingerprint density at radius 2 is 1.73 bits per heavy atom. The number of alkyl halides is 2. The van der Waals surface area contributed by atoms with E-state index in [9.17, 15) is 13.6 Å². The zero-order chi connectivity index (χ0) is 19.1. The number of para-hydroxylation sites is 1. The fourth-order valence-electron chi connectivity index (χ4n) is 2.30. The van der Waals surface area contributed by atoms with Crippen molar-refractivity contribution in [1.29, 1.82) is 0 Å². The highest BCUT2D eigenvalue weighted by Gasteiger charge is 2.15. The Labute approximate surface area is 149 Å². The van der Waals surface area contributed by atoms with Crippen molar-refractivity contribution in [1.82, 2.24) is 0 Å². The SMILES string of the molecule is COc1ccc(C(=O)/C=C/c2cccc(OC)c2OC(F)F)c(OC)c1. The third kappa shape index (κ3) is 4.50. The van der Waals surface area contributed by atoms with Crippen LogP contribution < -0.4 is 18.9 Å². The quantitative estimate of drug-likeness (QED) is 0.519. The Balaban J connectivity index is 2.34. The highest BCUT2D eigenvalue weighted by molar-refractivity contribution is 6.08. The van der Waals surface area contributed by atoms with E-state index in [1.165, 1.54) is 45.6 Å². The third-order valence-corrected chi connectivity index (χ3v) is 3.52. The molecule has 0 saturated carbocycles. The van der Waals surface area contributed by atoms with Crippen LogP contribution >= 0.6 is 0 Å². The lowest BCUT2D eigenvalue weighted by Crippen LogP contribution is -2.05. The van der Waals surface area contributed by atoms with E-state index in [0.29, 0.717) is 17.1 Å².